The van der Waals surface area contributed by atoms with E-state index in [4.69, 9.17) is 9.84 Å². The average Bonchev–Trinajstić information content (AvgIpc) is 1.94. The average molecular weight is 170 g/mol. The zero-order valence-electron chi connectivity index (χ0n) is 7.46. The Kier molecular flexibility index (Phi) is 2.87. The molecule has 0 aromatic heterocycles. The number of hydrogen-bond donors (Lipinski definition) is 1. The van der Waals surface area contributed by atoms with Crippen molar-refractivity contribution >= 4 is 5.97 Å². The van der Waals surface area contributed by atoms with Gasteiger partial charge in [-0.1, -0.05) is 12.5 Å². The monoisotopic (exact) mass is 170 g/mol. The van der Waals surface area contributed by atoms with E-state index in [1.54, 1.807) is 6.92 Å². The number of ether oxygens (including phenoxy) is 1. The van der Waals surface area contributed by atoms with Gasteiger partial charge >= 0.3 is 5.97 Å². The molecule has 0 atom stereocenters. The Labute approximate surface area is 72.0 Å². The summed E-state index contributed by atoms with van der Waals surface area (Å²) in [6.07, 6.45) is 0.812. The molecule has 0 saturated carbocycles. The molecule has 0 bridgehead atoms. The largest absolute Gasteiger partial charge is 0.478 e. The Morgan fingerprint density at radius 2 is 2.17 bits per heavy atom. The van der Waals surface area contributed by atoms with Crippen LogP contribution in [0.5, 0.6) is 0 Å². The van der Waals surface area contributed by atoms with Crippen LogP contribution in [0.25, 0.3) is 0 Å². The number of hydrogen-bond acceptors (Lipinski definition) is 2. The van der Waals surface area contributed by atoms with Crippen molar-refractivity contribution in [2.24, 2.45) is 5.92 Å². The van der Waals surface area contributed by atoms with Gasteiger partial charge in [0.15, 0.2) is 0 Å². The van der Waals surface area contributed by atoms with Crippen LogP contribution in [0, 0.1) is 5.92 Å². The standard InChI is InChI=1S/C9H14O3/c1-3-8(6(2)9(10)11)7-4-12-5-7/h7H,3-5H2,1-2H3,(H,10,11). The molecule has 0 amide bonds. The minimum Gasteiger partial charge on any atom is -0.478 e. The van der Waals surface area contributed by atoms with Crippen LogP contribution in [-0.4, -0.2) is 24.3 Å². The highest BCUT2D eigenvalue weighted by Gasteiger charge is 2.24. The zero-order chi connectivity index (χ0) is 9.14. The van der Waals surface area contributed by atoms with Crippen molar-refractivity contribution in [3.8, 4) is 0 Å². The molecule has 1 saturated heterocycles. The second kappa shape index (κ2) is 3.72. The molecular formula is C9H14O3. The molecule has 0 aliphatic carbocycles. The predicted octanol–water partition coefficient (Wildman–Crippen LogP) is 1.44. The van der Waals surface area contributed by atoms with Gasteiger partial charge in [0.25, 0.3) is 0 Å². The Morgan fingerprint density at radius 1 is 1.58 bits per heavy atom. The lowest BCUT2D eigenvalue weighted by Gasteiger charge is -2.29. The van der Waals surface area contributed by atoms with E-state index in [2.05, 4.69) is 0 Å². The summed E-state index contributed by atoms with van der Waals surface area (Å²) in [5.74, 6) is -0.454. The van der Waals surface area contributed by atoms with Crippen LogP contribution in [0.1, 0.15) is 20.3 Å². The molecule has 0 radical (unpaired) electrons. The minimum absolute atomic E-state index is 0.353. The van der Waals surface area contributed by atoms with Crippen molar-refractivity contribution in [1.82, 2.24) is 0 Å². The normalized spacial score (nSPS) is 19.8. The van der Waals surface area contributed by atoms with Crippen molar-refractivity contribution < 1.29 is 14.6 Å². The van der Waals surface area contributed by atoms with Crippen molar-refractivity contribution in [2.45, 2.75) is 20.3 Å². The van der Waals surface area contributed by atoms with Crippen LogP contribution in [0.3, 0.4) is 0 Å². The molecule has 0 unspecified atom stereocenters. The van der Waals surface area contributed by atoms with Gasteiger partial charge in [-0.2, -0.15) is 0 Å². The van der Waals surface area contributed by atoms with Crippen LogP contribution < -0.4 is 0 Å². The van der Waals surface area contributed by atoms with Gasteiger partial charge in [-0.05, 0) is 13.3 Å². The second-order valence-corrected chi connectivity index (χ2v) is 3.04. The summed E-state index contributed by atoms with van der Waals surface area (Å²) >= 11 is 0. The van der Waals surface area contributed by atoms with Gasteiger partial charge in [-0.3, -0.25) is 0 Å². The molecule has 1 aliphatic rings. The summed E-state index contributed by atoms with van der Waals surface area (Å²) in [4.78, 5) is 10.6. The third kappa shape index (κ3) is 1.67. The van der Waals surface area contributed by atoms with Gasteiger partial charge in [-0.15, -0.1) is 0 Å². The maximum Gasteiger partial charge on any atom is 0.331 e. The Bertz CT molecular complexity index is 214. The number of carbonyl (C=O) groups is 1. The number of carboxylic acid groups (broad SMARTS) is 1. The molecule has 0 aromatic carbocycles. The first-order chi connectivity index (χ1) is 5.66. The molecule has 1 rings (SSSR count). The first-order valence-electron chi connectivity index (χ1n) is 4.17. The fourth-order valence-corrected chi connectivity index (χ4v) is 1.43. The van der Waals surface area contributed by atoms with Crippen LogP contribution in [0.2, 0.25) is 0 Å². The lowest BCUT2D eigenvalue weighted by atomic mass is 9.91. The summed E-state index contributed by atoms with van der Waals surface area (Å²) in [5.41, 5.74) is 1.53. The number of carboxylic acids is 1. The van der Waals surface area contributed by atoms with E-state index in [1.807, 2.05) is 6.92 Å². The Morgan fingerprint density at radius 3 is 2.42 bits per heavy atom. The van der Waals surface area contributed by atoms with Crippen molar-refractivity contribution in [3.05, 3.63) is 11.1 Å². The maximum atomic E-state index is 10.6. The third-order valence-corrected chi connectivity index (χ3v) is 2.31. The molecule has 0 aromatic rings. The molecular weight excluding hydrogens is 156 g/mol. The van der Waals surface area contributed by atoms with Crippen LogP contribution >= 0.6 is 0 Å². The van der Waals surface area contributed by atoms with Crippen LogP contribution in [0.15, 0.2) is 11.1 Å². The van der Waals surface area contributed by atoms with Crippen molar-refractivity contribution in [1.29, 1.82) is 0 Å². The van der Waals surface area contributed by atoms with Crippen LogP contribution in [-0.2, 0) is 9.53 Å². The van der Waals surface area contributed by atoms with E-state index >= 15 is 0 Å². The minimum atomic E-state index is -0.807. The fourth-order valence-electron chi connectivity index (χ4n) is 1.43. The van der Waals surface area contributed by atoms with Gasteiger partial charge in [-0.25, -0.2) is 4.79 Å². The predicted molar refractivity (Wildman–Crippen MR) is 44.9 cm³/mol. The van der Waals surface area contributed by atoms with Gasteiger partial charge in [0.1, 0.15) is 0 Å². The molecule has 1 fully saturated rings. The van der Waals surface area contributed by atoms with E-state index in [1.165, 1.54) is 0 Å². The highest BCUT2D eigenvalue weighted by molar-refractivity contribution is 5.86. The van der Waals surface area contributed by atoms with E-state index in [0.29, 0.717) is 24.7 Å². The molecule has 3 nitrogen and oxygen atoms in total. The number of aliphatic carboxylic acids is 1. The molecule has 0 spiro atoms. The van der Waals surface area contributed by atoms with E-state index < -0.39 is 5.97 Å². The summed E-state index contributed by atoms with van der Waals surface area (Å²) < 4.78 is 5.02. The molecule has 1 heterocycles. The quantitative estimate of drug-likeness (QED) is 0.652. The molecule has 1 aliphatic heterocycles. The second-order valence-electron chi connectivity index (χ2n) is 3.04. The molecule has 1 N–H and O–H groups in total. The third-order valence-electron chi connectivity index (χ3n) is 2.31. The highest BCUT2D eigenvalue weighted by atomic mass is 16.5. The van der Waals surface area contributed by atoms with Crippen molar-refractivity contribution in [2.75, 3.05) is 13.2 Å². The van der Waals surface area contributed by atoms with E-state index in [0.717, 1.165) is 12.0 Å². The summed E-state index contributed by atoms with van der Waals surface area (Å²) in [6.45, 7) is 5.03. The topological polar surface area (TPSA) is 46.5 Å². The lowest BCUT2D eigenvalue weighted by Crippen LogP contribution is -2.30. The van der Waals surface area contributed by atoms with Gasteiger partial charge in [0, 0.05) is 11.5 Å². The number of rotatable bonds is 3. The van der Waals surface area contributed by atoms with Gasteiger partial charge in [0.2, 0.25) is 0 Å². The smallest absolute Gasteiger partial charge is 0.331 e. The Hall–Kier alpha value is -0.830. The van der Waals surface area contributed by atoms with Crippen molar-refractivity contribution in [3.63, 3.8) is 0 Å². The maximum absolute atomic E-state index is 10.6. The Balaban J connectivity index is 2.76. The molecule has 12 heavy (non-hydrogen) atoms. The zero-order valence-corrected chi connectivity index (χ0v) is 7.46. The fraction of sp³-hybridized carbons (Fsp3) is 0.667. The van der Waals surface area contributed by atoms with Crippen LogP contribution in [0.4, 0.5) is 0 Å². The SMILES string of the molecule is CCC(=C(C)C(=O)O)C1COC1. The summed E-state index contributed by atoms with van der Waals surface area (Å²) in [5, 5.41) is 8.75. The summed E-state index contributed by atoms with van der Waals surface area (Å²) in [6, 6.07) is 0. The summed E-state index contributed by atoms with van der Waals surface area (Å²) in [7, 11) is 0. The lowest BCUT2D eigenvalue weighted by molar-refractivity contribution is -0.132. The van der Waals surface area contributed by atoms with Gasteiger partial charge < -0.3 is 9.84 Å². The van der Waals surface area contributed by atoms with Gasteiger partial charge in [0.05, 0.1) is 13.2 Å². The van der Waals surface area contributed by atoms with E-state index in [-0.39, 0.29) is 0 Å². The first kappa shape index (κ1) is 9.26. The highest BCUT2D eigenvalue weighted by Crippen LogP contribution is 2.25. The molecule has 3 heteroatoms. The van der Waals surface area contributed by atoms with E-state index in [9.17, 15) is 4.79 Å². The first-order valence-corrected chi connectivity index (χ1v) is 4.17. The molecule has 68 valence electrons.